The Morgan fingerprint density at radius 2 is 2.33 bits per heavy atom. The molecular formula is C9H17N3. The van der Waals surface area contributed by atoms with E-state index in [2.05, 4.69) is 17.9 Å². The van der Waals surface area contributed by atoms with Gasteiger partial charge in [-0.25, -0.2) is 0 Å². The van der Waals surface area contributed by atoms with E-state index in [0.29, 0.717) is 0 Å². The number of hydrogen-bond donors (Lipinski definition) is 1. The minimum absolute atomic E-state index is 0.316. The summed E-state index contributed by atoms with van der Waals surface area (Å²) in [4.78, 5) is 2.27. The van der Waals surface area contributed by atoms with E-state index in [1.807, 2.05) is 0 Å². The summed E-state index contributed by atoms with van der Waals surface area (Å²) < 4.78 is 0. The summed E-state index contributed by atoms with van der Waals surface area (Å²) in [5, 5.41) is 8.53. The quantitative estimate of drug-likeness (QED) is 0.651. The van der Waals surface area contributed by atoms with E-state index in [9.17, 15) is 0 Å². The fraction of sp³-hybridized carbons (Fsp3) is 0.889. The Balaban J connectivity index is 2.19. The van der Waals surface area contributed by atoms with Crippen LogP contribution in [0.3, 0.4) is 0 Å². The van der Waals surface area contributed by atoms with Crippen LogP contribution in [0, 0.1) is 17.2 Å². The third-order valence-electron chi connectivity index (χ3n) is 2.28. The standard InChI is InChI=1S/C9H17N3/c1-2-12(6-8-3-4-8)7-9(11)5-10/h8-9H,2-4,6-7,11H2,1H3. The first kappa shape index (κ1) is 9.50. The van der Waals surface area contributed by atoms with E-state index in [1.165, 1.54) is 12.8 Å². The molecule has 0 amide bonds. The van der Waals surface area contributed by atoms with Gasteiger partial charge in [-0.1, -0.05) is 6.92 Å². The summed E-state index contributed by atoms with van der Waals surface area (Å²) in [6.07, 6.45) is 2.72. The molecule has 3 heteroatoms. The highest BCUT2D eigenvalue weighted by Crippen LogP contribution is 2.29. The number of hydrogen-bond acceptors (Lipinski definition) is 3. The average Bonchev–Trinajstić information content (AvgIpc) is 2.86. The Labute approximate surface area is 74.1 Å². The molecule has 0 aromatic rings. The minimum Gasteiger partial charge on any atom is -0.315 e. The zero-order valence-electron chi connectivity index (χ0n) is 7.66. The highest BCUT2D eigenvalue weighted by Gasteiger charge is 2.24. The maximum absolute atomic E-state index is 8.53. The lowest BCUT2D eigenvalue weighted by Gasteiger charge is -2.20. The van der Waals surface area contributed by atoms with Gasteiger partial charge in [0.1, 0.15) is 6.04 Å². The molecule has 0 bridgehead atoms. The molecule has 0 saturated heterocycles. The predicted molar refractivity (Wildman–Crippen MR) is 48.4 cm³/mol. The lowest BCUT2D eigenvalue weighted by atomic mass is 10.3. The summed E-state index contributed by atoms with van der Waals surface area (Å²) in [6, 6.07) is 1.74. The molecule has 1 fully saturated rings. The molecule has 0 aromatic heterocycles. The summed E-state index contributed by atoms with van der Waals surface area (Å²) >= 11 is 0. The third-order valence-corrected chi connectivity index (χ3v) is 2.28. The molecule has 1 aliphatic carbocycles. The number of nitrogens with two attached hydrogens (primary N) is 1. The van der Waals surface area contributed by atoms with E-state index < -0.39 is 0 Å². The van der Waals surface area contributed by atoms with Crippen LogP contribution in [0.15, 0.2) is 0 Å². The van der Waals surface area contributed by atoms with Gasteiger partial charge < -0.3 is 10.6 Å². The van der Waals surface area contributed by atoms with E-state index >= 15 is 0 Å². The van der Waals surface area contributed by atoms with Gasteiger partial charge >= 0.3 is 0 Å². The van der Waals surface area contributed by atoms with Crippen molar-refractivity contribution >= 4 is 0 Å². The molecule has 0 radical (unpaired) electrons. The van der Waals surface area contributed by atoms with Crippen LogP contribution in [0.1, 0.15) is 19.8 Å². The molecule has 2 N–H and O–H groups in total. The Morgan fingerprint density at radius 3 is 2.75 bits per heavy atom. The highest BCUT2D eigenvalue weighted by molar-refractivity contribution is 4.89. The molecule has 0 aliphatic heterocycles. The number of nitriles is 1. The second-order valence-electron chi connectivity index (χ2n) is 3.53. The maximum atomic E-state index is 8.53. The molecule has 0 aromatic carbocycles. The van der Waals surface area contributed by atoms with Crippen LogP contribution in [-0.4, -0.2) is 30.6 Å². The normalized spacial score (nSPS) is 19.2. The summed E-state index contributed by atoms with van der Waals surface area (Å²) in [5.74, 6) is 0.885. The smallest absolute Gasteiger partial charge is 0.106 e. The molecule has 1 aliphatic rings. The zero-order valence-corrected chi connectivity index (χ0v) is 7.66. The van der Waals surface area contributed by atoms with Crippen molar-refractivity contribution in [1.82, 2.24) is 4.90 Å². The minimum atomic E-state index is -0.316. The summed E-state index contributed by atoms with van der Waals surface area (Å²) in [7, 11) is 0. The van der Waals surface area contributed by atoms with Crippen LogP contribution in [0.2, 0.25) is 0 Å². The SMILES string of the molecule is CCN(CC(N)C#N)CC1CC1. The van der Waals surface area contributed by atoms with Crippen LogP contribution in [-0.2, 0) is 0 Å². The van der Waals surface area contributed by atoms with Crippen molar-refractivity contribution in [1.29, 1.82) is 5.26 Å². The second-order valence-corrected chi connectivity index (χ2v) is 3.53. The van der Waals surface area contributed by atoms with Crippen LogP contribution < -0.4 is 5.73 Å². The Morgan fingerprint density at radius 1 is 1.67 bits per heavy atom. The van der Waals surface area contributed by atoms with E-state index in [1.54, 1.807) is 0 Å². The third kappa shape index (κ3) is 3.21. The Kier molecular flexibility index (Phi) is 3.51. The van der Waals surface area contributed by atoms with Gasteiger partial charge in [-0.15, -0.1) is 0 Å². The van der Waals surface area contributed by atoms with Crippen molar-refractivity contribution in [2.24, 2.45) is 11.7 Å². The van der Waals surface area contributed by atoms with Crippen molar-refractivity contribution in [2.45, 2.75) is 25.8 Å². The molecule has 3 nitrogen and oxygen atoms in total. The molecular weight excluding hydrogens is 150 g/mol. The number of likely N-dealkylation sites (N-methyl/N-ethyl adjacent to an activating group) is 1. The van der Waals surface area contributed by atoms with Crippen molar-refractivity contribution in [2.75, 3.05) is 19.6 Å². The van der Waals surface area contributed by atoms with Crippen LogP contribution in [0.5, 0.6) is 0 Å². The van der Waals surface area contributed by atoms with Crippen molar-refractivity contribution in [3.8, 4) is 6.07 Å². The van der Waals surface area contributed by atoms with E-state index in [-0.39, 0.29) is 6.04 Å². The highest BCUT2D eigenvalue weighted by atomic mass is 15.1. The second kappa shape index (κ2) is 4.44. The van der Waals surface area contributed by atoms with Crippen LogP contribution in [0.4, 0.5) is 0 Å². The predicted octanol–water partition coefficient (Wildman–Crippen LogP) is 0.569. The number of rotatable bonds is 5. The number of nitrogens with zero attached hydrogens (tertiary/aromatic N) is 2. The molecule has 0 heterocycles. The van der Waals surface area contributed by atoms with Gasteiger partial charge in [0.25, 0.3) is 0 Å². The van der Waals surface area contributed by atoms with Gasteiger partial charge in [0, 0.05) is 13.1 Å². The van der Waals surface area contributed by atoms with E-state index in [0.717, 1.165) is 25.6 Å². The van der Waals surface area contributed by atoms with Crippen molar-refractivity contribution in [3.63, 3.8) is 0 Å². The van der Waals surface area contributed by atoms with Gasteiger partial charge in [-0.2, -0.15) is 5.26 Å². The van der Waals surface area contributed by atoms with Crippen LogP contribution >= 0.6 is 0 Å². The molecule has 1 rings (SSSR count). The summed E-state index contributed by atoms with van der Waals surface area (Å²) in [5.41, 5.74) is 5.54. The van der Waals surface area contributed by atoms with Gasteiger partial charge in [0.05, 0.1) is 6.07 Å². The van der Waals surface area contributed by atoms with Crippen LogP contribution in [0.25, 0.3) is 0 Å². The molecule has 0 spiro atoms. The van der Waals surface area contributed by atoms with Gasteiger partial charge in [0.2, 0.25) is 0 Å². The molecule has 1 saturated carbocycles. The lowest BCUT2D eigenvalue weighted by Crippen LogP contribution is -2.37. The topological polar surface area (TPSA) is 53.0 Å². The zero-order chi connectivity index (χ0) is 8.97. The Bertz CT molecular complexity index is 169. The molecule has 1 unspecified atom stereocenters. The fourth-order valence-electron chi connectivity index (χ4n) is 1.32. The molecule has 1 atom stereocenters. The van der Waals surface area contributed by atoms with Crippen molar-refractivity contribution in [3.05, 3.63) is 0 Å². The Hall–Kier alpha value is -0.590. The van der Waals surface area contributed by atoms with Gasteiger partial charge in [0.15, 0.2) is 0 Å². The van der Waals surface area contributed by atoms with Crippen molar-refractivity contribution < 1.29 is 0 Å². The molecule has 12 heavy (non-hydrogen) atoms. The maximum Gasteiger partial charge on any atom is 0.106 e. The fourth-order valence-corrected chi connectivity index (χ4v) is 1.32. The average molecular weight is 167 g/mol. The molecule has 68 valence electrons. The monoisotopic (exact) mass is 167 g/mol. The lowest BCUT2D eigenvalue weighted by molar-refractivity contribution is 0.272. The first-order valence-electron chi connectivity index (χ1n) is 4.63. The first-order chi connectivity index (χ1) is 5.76. The largest absolute Gasteiger partial charge is 0.315 e. The van der Waals surface area contributed by atoms with E-state index in [4.69, 9.17) is 11.0 Å². The first-order valence-corrected chi connectivity index (χ1v) is 4.63. The van der Waals surface area contributed by atoms with Gasteiger partial charge in [-0.05, 0) is 25.3 Å². The summed E-state index contributed by atoms with van der Waals surface area (Å²) in [6.45, 7) is 4.98. The van der Waals surface area contributed by atoms with Gasteiger partial charge in [-0.3, -0.25) is 0 Å².